The Balaban J connectivity index is 1.90. The summed E-state index contributed by atoms with van der Waals surface area (Å²) < 4.78 is 110. The summed E-state index contributed by atoms with van der Waals surface area (Å²) in [5.74, 6) is -2.08. The third-order valence-electron chi connectivity index (χ3n) is 9.44. The van der Waals surface area contributed by atoms with Crippen LogP contribution in [0, 0.1) is 0 Å². The minimum atomic E-state index is -5.11. The lowest BCUT2D eigenvalue weighted by atomic mass is 9.83. The molecule has 0 saturated carbocycles. The maximum atomic E-state index is 13.9. The zero-order valence-electron chi connectivity index (χ0n) is 33.4. The number of carbonyl (C=O) groups excluding carboxylic acids is 3. The molecule has 1 aliphatic rings. The van der Waals surface area contributed by atoms with Crippen LogP contribution >= 0.6 is 0 Å². The van der Waals surface area contributed by atoms with Gasteiger partial charge in [-0.25, -0.2) is 19.7 Å². The summed E-state index contributed by atoms with van der Waals surface area (Å²) in [4.78, 5) is 55.9. The number of fused-ring (bicyclic) bond motifs is 1. The van der Waals surface area contributed by atoms with Crippen LogP contribution < -0.4 is 15.4 Å². The number of ether oxygens (including phenoxy) is 5. The first-order valence-electron chi connectivity index (χ1n) is 18.9. The van der Waals surface area contributed by atoms with E-state index in [0.29, 0.717) is 12.1 Å². The van der Waals surface area contributed by atoms with Crippen LogP contribution in [0.1, 0.15) is 96.8 Å². The van der Waals surface area contributed by atoms with Gasteiger partial charge < -0.3 is 34.3 Å². The van der Waals surface area contributed by atoms with Crippen molar-refractivity contribution in [2.45, 2.75) is 76.8 Å². The number of amides is 2. The van der Waals surface area contributed by atoms with Crippen LogP contribution in [0.5, 0.6) is 5.75 Å². The number of esters is 1. The van der Waals surface area contributed by atoms with E-state index in [9.17, 15) is 40.7 Å². The van der Waals surface area contributed by atoms with Crippen LogP contribution in [0.2, 0.25) is 0 Å². The van der Waals surface area contributed by atoms with Crippen molar-refractivity contribution in [2.75, 3.05) is 65.2 Å². The summed E-state index contributed by atoms with van der Waals surface area (Å²) in [6, 6.07) is 4.12. The number of aromatic nitrogens is 3. The van der Waals surface area contributed by atoms with Crippen LogP contribution in [0.15, 0.2) is 36.5 Å². The first-order valence-corrected chi connectivity index (χ1v) is 18.9. The molecule has 2 aromatic heterocycles. The molecule has 2 N–H and O–H groups in total. The summed E-state index contributed by atoms with van der Waals surface area (Å²) in [6.45, 7) is 5.83. The fourth-order valence-electron chi connectivity index (χ4n) is 6.46. The molecule has 20 heteroatoms. The highest BCUT2D eigenvalue weighted by Gasteiger charge is 2.47. The Hall–Kier alpha value is -5.08. The minimum Gasteiger partial charge on any atom is -0.490 e. The van der Waals surface area contributed by atoms with Gasteiger partial charge in [-0.2, -0.15) is 26.3 Å². The molecule has 59 heavy (non-hydrogen) atoms. The molecule has 2 amide bonds. The van der Waals surface area contributed by atoms with Gasteiger partial charge in [-0.15, -0.1) is 0 Å². The molecule has 2 atom stereocenters. The number of hydrogen-bond acceptors (Lipinski definition) is 12. The topological polar surface area (TPSA) is 169 Å². The number of carbonyl (C=O) groups is 3. The number of hydrogen-bond donors (Lipinski definition) is 1. The van der Waals surface area contributed by atoms with Crippen molar-refractivity contribution in [3.8, 4) is 5.75 Å². The largest absolute Gasteiger partial charge is 0.490 e. The number of rotatable bonds is 18. The number of pyridine rings is 1. The molecule has 324 valence electrons. The number of methoxy groups -OCH3 is 2. The molecule has 0 spiro atoms. The van der Waals surface area contributed by atoms with Crippen molar-refractivity contribution in [1.29, 1.82) is 0 Å². The molecule has 0 saturated heterocycles. The van der Waals surface area contributed by atoms with Gasteiger partial charge in [0.2, 0.25) is 0 Å². The molecule has 0 aliphatic carbocycles. The van der Waals surface area contributed by atoms with Gasteiger partial charge in [0.25, 0.3) is 5.91 Å². The Morgan fingerprint density at radius 1 is 0.898 bits per heavy atom. The first-order chi connectivity index (χ1) is 27.9. The van der Waals surface area contributed by atoms with Gasteiger partial charge in [0.15, 0.2) is 5.75 Å². The Labute approximate surface area is 337 Å². The Bertz CT molecular complexity index is 1890. The van der Waals surface area contributed by atoms with Gasteiger partial charge >= 0.3 is 24.4 Å². The highest BCUT2D eigenvalue weighted by atomic mass is 19.4. The number of halogens is 6. The van der Waals surface area contributed by atoms with Crippen molar-refractivity contribution in [2.24, 2.45) is 5.73 Å². The average Bonchev–Trinajstić information content (AvgIpc) is 3.18. The lowest BCUT2D eigenvalue weighted by Gasteiger charge is -2.46. The molecular formula is C39H48F6N6O8. The predicted octanol–water partition coefficient (Wildman–Crippen LogP) is 6.52. The third kappa shape index (κ3) is 11.8. The standard InChI is InChI=1S/C39H48F6N6O8/c1-6-37(46)22-27(33-30(51(37)36(54)58-8-3)12-11-28(48-33)35(53)50(13-16-55-4)14-17-56-5)34-47-23-31(59-15-9-10-32(52)57-7-2)29(49-34)20-24-18-25(38(40,41)42)21-26(19-24)39(43,44)45/h11-12,18-19,21,23,27H,6-10,13-17,20,22,46H2,1-5H3/t27-,37+/m0/s1. The minimum absolute atomic E-state index is 0.00512. The molecule has 3 heterocycles. The summed E-state index contributed by atoms with van der Waals surface area (Å²) >= 11 is 0. The van der Waals surface area contributed by atoms with Gasteiger partial charge in [-0.1, -0.05) is 6.92 Å². The lowest BCUT2D eigenvalue weighted by Crippen LogP contribution is -2.62. The number of alkyl halides is 6. The van der Waals surface area contributed by atoms with Crippen LogP contribution in [0.3, 0.4) is 0 Å². The fourth-order valence-corrected chi connectivity index (χ4v) is 6.46. The molecular weight excluding hydrogens is 794 g/mol. The zero-order valence-corrected chi connectivity index (χ0v) is 33.4. The quantitative estimate of drug-likeness (QED) is 0.0838. The van der Waals surface area contributed by atoms with Gasteiger partial charge in [-0.05, 0) is 69.0 Å². The van der Waals surface area contributed by atoms with Crippen LogP contribution in [-0.4, -0.2) is 104 Å². The summed E-state index contributed by atoms with van der Waals surface area (Å²) in [5, 5.41) is 0. The van der Waals surface area contributed by atoms with E-state index in [1.165, 1.54) is 42.3 Å². The molecule has 0 radical (unpaired) electrons. The molecule has 14 nitrogen and oxygen atoms in total. The SMILES string of the molecule is CCOC(=O)CCCOc1cnc([C@H]2C[C@@](N)(CC)N(C(=O)OCC)c3ccc(C(=O)N(CCOC)CCOC)nc32)nc1Cc1cc(C(F)(F)F)cc(C(F)(F)F)c1. The van der Waals surface area contributed by atoms with E-state index in [1.807, 2.05) is 0 Å². The smallest absolute Gasteiger partial charge is 0.416 e. The fraction of sp³-hybridized carbons (Fsp3) is 0.538. The molecule has 0 fully saturated rings. The zero-order chi connectivity index (χ0) is 43.5. The normalized spacial score (nSPS) is 16.7. The molecule has 0 bridgehead atoms. The lowest BCUT2D eigenvalue weighted by molar-refractivity contribution is -0.144. The first kappa shape index (κ1) is 46.6. The van der Waals surface area contributed by atoms with Gasteiger partial charge in [0.1, 0.15) is 17.2 Å². The Morgan fingerprint density at radius 2 is 1.53 bits per heavy atom. The predicted molar refractivity (Wildman–Crippen MR) is 200 cm³/mol. The second-order valence-electron chi connectivity index (χ2n) is 13.5. The molecule has 1 aliphatic heterocycles. The van der Waals surface area contributed by atoms with Crippen LogP contribution in [0.25, 0.3) is 0 Å². The van der Waals surface area contributed by atoms with Crippen molar-refractivity contribution >= 4 is 23.7 Å². The van der Waals surface area contributed by atoms with E-state index in [-0.39, 0.29) is 118 Å². The third-order valence-corrected chi connectivity index (χ3v) is 9.44. The molecule has 4 rings (SSSR count). The second-order valence-corrected chi connectivity index (χ2v) is 13.5. The Morgan fingerprint density at radius 3 is 2.08 bits per heavy atom. The summed E-state index contributed by atoms with van der Waals surface area (Å²) in [6.07, 6.45) is -10.2. The Kier molecular flexibility index (Phi) is 16.0. The maximum Gasteiger partial charge on any atom is 0.416 e. The number of benzene rings is 1. The monoisotopic (exact) mass is 842 g/mol. The maximum absolute atomic E-state index is 13.9. The molecule has 1 aromatic carbocycles. The van der Waals surface area contributed by atoms with Crippen molar-refractivity contribution in [3.63, 3.8) is 0 Å². The van der Waals surface area contributed by atoms with Gasteiger partial charge in [-0.3, -0.25) is 14.5 Å². The van der Waals surface area contributed by atoms with E-state index < -0.39 is 59.5 Å². The number of nitrogens with zero attached hydrogens (tertiary/aromatic N) is 5. The summed E-state index contributed by atoms with van der Waals surface area (Å²) in [5.41, 5.74) is 2.23. The van der Waals surface area contributed by atoms with E-state index >= 15 is 0 Å². The highest BCUT2D eigenvalue weighted by molar-refractivity contribution is 5.95. The van der Waals surface area contributed by atoms with Crippen LogP contribution in [0.4, 0.5) is 36.8 Å². The number of anilines is 1. The van der Waals surface area contributed by atoms with Crippen LogP contribution in [-0.2, 0) is 42.5 Å². The van der Waals surface area contributed by atoms with Gasteiger partial charge in [0, 0.05) is 40.2 Å². The van der Waals surface area contributed by atoms with Crippen molar-refractivity contribution < 1.29 is 64.4 Å². The van der Waals surface area contributed by atoms with Crippen molar-refractivity contribution in [3.05, 3.63) is 76.1 Å². The van der Waals surface area contributed by atoms with E-state index in [0.717, 1.165) is 0 Å². The van der Waals surface area contributed by atoms with E-state index in [2.05, 4.69) is 9.97 Å². The van der Waals surface area contributed by atoms with E-state index in [4.69, 9.17) is 34.4 Å². The highest BCUT2D eigenvalue weighted by Crippen LogP contribution is 2.45. The number of nitrogens with two attached hydrogens (primary N) is 1. The molecule has 3 aromatic rings. The summed E-state index contributed by atoms with van der Waals surface area (Å²) in [7, 11) is 2.96. The van der Waals surface area contributed by atoms with E-state index in [1.54, 1.807) is 20.8 Å². The van der Waals surface area contributed by atoms with Crippen molar-refractivity contribution in [1.82, 2.24) is 19.9 Å². The average molecular weight is 843 g/mol. The van der Waals surface area contributed by atoms with Gasteiger partial charge in [0.05, 0.1) is 73.4 Å². The molecule has 0 unspecified atom stereocenters. The second kappa shape index (κ2) is 20.3.